The normalized spacial score (nSPS) is 23.2. The zero-order valence-electron chi connectivity index (χ0n) is 11.8. The zero-order valence-corrected chi connectivity index (χ0v) is 11.8. The second-order valence-electron chi connectivity index (χ2n) is 5.67. The Morgan fingerprint density at radius 1 is 1.37 bits per heavy atom. The number of nitrogens with two attached hydrogens (primary N) is 1. The molecule has 1 fully saturated rings. The van der Waals surface area contributed by atoms with Crippen LogP contribution in [0.15, 0.2) is 0 Å². The van der Waals surface area contributed by atoms with E-state index in [1.165, 1.54) is 4.90 Å². The fraction of sp³-hybridized carbons (Fsp3) is 0.846. The molecule has 0 heterocycles. The molecule has 0 aromatic carbocycles. The molecule has 0 saturated heterocycles. The van der Waals surface area contributed by atoms with Crippen LogP contribution in [0, 0.1) is 5.92 Å². The van der Waals surface area contributed by atoms with Crippen molar-refractivity contribution in [2.24, 2.45) is 11.7 Å². The largest absolute Gasteiger partial charge is 0.480 e. The molecule has 2 amide bonds. The van der Waals surface area contributed by atoms with Gasteiger partial charge in [-0.05, 0) is 18.8 Å². The Balaban J connectivity index is 2.57. The topological polar surface area (TPSA) is 95.7 Å². The third-order valence-corrected chi connectivity index (χ3v) is 3.33. The highest BCUT2D eigenvalue weighted by molar-refractivity contribution is 5.80. The van der Waals surface area contributed by atoms with Gasteiger partial charge in [0.05, 0.1) is 0 Å². The summed E-state index contributed by atoms with van der Waals surface area (Å²) in [6, 6.07) is -0.383. The molecule has 0 aliphatic heterocycles. The third-order valence-electron chi connectivity index (χ3n) is 3.33. The molecule has 0 bridgehead atoms. The number of hydrogen-bond acceptors (Lipinski definition) is 3. The van der Waals surface area contributed by atoms with Gasteiger partial charge in [0.2, 0.25) is 0 Å². The molecule has 6 heteroatoms. The summed E-state index contributed by atoms with van der Waals surface area (Å²) in [5, 5.41) is 11.7. The van der Waals surface area contributed by atoms with Crippen LogP contribution < -0.4 is 11.1 Å². The van der Waals surface area contributed by atoms with E-state index in [0.29, 0.717) is 6.54 Å². The minimum atomic E-state index is -0.997. The number of rotatable bonds is 5. The van der Waals surface area contributed by atoms with E-state index in [4.69, 9.17) is 10.8 Å². The second-order valence-corrected chi connectivity index (χ2v) is 5.67. The molecule has 0 radical (unpaired) electrons. The van der Waals surface area contributed by atoms with Gasteiger partial charge in [-0.3, -0.25) is 4.79 Å². The lowest BCUT2D eigenvalue weighted by molar-refractivity contribution is -0.137. The van der Waals surface area contributed by atoms with Crippen molar-refractivity contribution in [2.45, 2.75) is 51.6 Å². The molecular weight excluding hydrogens is 246 g/mol. The highest BCUT2D eigenvalue weighted by Crippen LogP contribution is 2.17. The number of urea groups is 1. The van der Waals surface area contributed by atoms with Gasteiger partial charge in [0.25, 0.3) is 0 Å². The minimum Gasteiger partial charge on any atom is -0.480 e. The Hall–Kier alpha value is -1.30. The molecule has 1 rings (SSSR count). The molecule has 0 aromatic rings. The summed E-state index contributed by atoms with van der Waals surface area (Å²) in [4.78, 5) is 24.3. The monoisotopic (exact) mass is 271 g/mol. The van der Waals surface area contributed by atoms with Gasteiger partial charge < -0.3 is 21.1 Å². The minimum absolute atomic E-state index is 0.0246. The molecule has 110 valence electrons. The molecule has 1 aliphatic carbocycles. The first kappa shape index (κ1) is 15.8. The summed E-state index contributed by atoms with van der Waals surface area (Å²) < 4.78 is 0. The van der Waals surface area contributed by atoms with Crippen LogP contribution in [-0.4, -0.2) is 47.2 Å². The Bertz CT molecular complexity index is 320. The number of amides is 2. The predicted octanol–water partition coefficient (Wildman–Crippen LogP) is 1.01. The standard InChI is InChI=1S/C13H25N3O3/c1-9(2)7-16(8-12(17)18)13(19)15-11-6-4-3-5-10(11)14/h9-11H,3-8,14H2,1-2H3,(H,15,19)(H,17,18). The SMILES string of the molecule is CC(C)CN(CC(=O)O)C(=O)NC1CCCCC1N. The van der Waals surface area contributed by atoms with Crippen LogP contribution in [0.4, 0.5) is 4.79 Å². The fourth-order valence-corrected chi connectivity index (χ4v) is 2.41. The van der Waals surface area contributed by atoms with Crippen molar-refractivity contribution >= 4 is 12.0 Å². The first-order chi connectivity index (χ1) is 8.90. The summed E-state index contributed by atoms with van der Waals surface area (Å²) in [7, 11) is 0. The maximum atomic E-state index is 12.1. The number of hydrogen-bond donors (Lipinski definition) is 3. The van der Waals surface area contributed by atoms with E-state index in [1.54, 1.807) is 0 Å². The Kier molecular flexibility index (Phi) is 6.08. The molecule has 2 atom stereocenters. The maximum Gasteiger partial charge on any atom is 0.323 e. The number of nitrogens with one attached hydrogen (secondary N) is 1. The maximum absolute atomic E-state index is 12.1. The lowest BCUT2D eigenvalue weighted by Gasteiger charge is -2.32. The zero-order chi connectivity index (χ0) is 14.4. The summed E-state index contributed by atoms with van der Waals surface area (Å²) in [5.41, 5.74) is 5.98. The van der Waals surface area contributed by atoms with Gasteiger partial charge in [-0.1, -0.05) is 26.7 Å². The number of nitrogens with zero attached hydrogens (tertiary/aromatic N) is 1. The molecule has 4 N–H and O–H groups in total. The summed E-state index contributed by atoms with van der Waals surface area (Å²) in [6.45, 7) is 4.06. The van der Waals surface area contributed by atoms with Gasteiger partial charge in [0.15, 0.2) is 0 Å². The van der Waals surface area contributed by atoms with Crippen molar-refractivity contribution in [3.8, 4) is 0 Å². The van der Waals surface area contributed by atoms with Crippen molar-refractivity contribution in [3.63, 3.8) is 0 Å². The van der Waals surface area contributed by atoms with Crippen LogP contribution in [0.5, 0.6) is 0 Å². The molecule has 19 heavy (non-hydrogen) atoms. The van der Waals surface area contributed by atoms with Gasteiger partial charge in [-0.2, -0.15) is 0 Å². The van der Waals surface area contributed by atoms with Crippen LogP contribution in [0.25, 0.3) is 0 Å². The summed E-state index contributed by atoms with van der Waals surface area (Å²) in [6.07, 6.45) is 3.93. The predicted molar refractivity (Wildman–Crippen MR) is 72.8 cm³/mol. The quantitative estimate of drug-likeness (QED) is 0.695. The van der Waals surface area contributed by atoms with E-state index in [0.717, 1.165) is 25.7 Å². The van der Waals surface area contributed by atoms with Crippen molar-refractivity contribution < 1.29 is 14.7 Å². The molecule has 0 spiro atoms. The van der Waals surface area contributed by atoms with E-state index in [-0.39, 0.29) is 30.6 Å². The first-order valence-electron chi connectivity index (χ1n) is 6.93. The average molecular weight is 271 g/mol. The van der Waals surface area contributed by atoms with E-state index >= 15 is 0 Å². The van der Waals surface area contributed by atoms with Crippen molar-refractivity contribution in [3.05, 3.63) is 0 Å². The van der Waals surface area contributed by atoms with Crippen LogP contribution >= 0.6 is 0 Å². The van der Waals surface area contributed by atoms with Crippen LogP contribution in [-0.2, 0) is 4.79 Å². The molecule has 0 aromatic heterocycles. The molecule has 6 nitrogen and oxygen atoms in total. The number of carbonyl (C=O) groups is 2. The fourth-order valence-electron chi connectivity index (χ4n) is 2.41. The van der Waals surface area contributed by atoms with Crippen molar-refractivity contribution in [2.75, 3.05) is 13.1 Å². The van der Waals surface area contributed by atoms with Crippen molar-refractivity contribution in [1.29, 1.82) is 0 Å². The highest BCUT2D eigenvalue weighted by atomic mass is 16.4. The van der Waals surface area contributed by atoms with Gasteiger partial charge in [0.1, 0.15) is 6.54 Å². The summed E-state index contributed by atoms with van der Waals surface area (Å²) >= 11 is 0. The van der Waals surface area contributed by atoms with Gasteiger partial charge >= 0.3 is 12.0 Å². The molecular formula is C13H25N3O3. The lowest BCUT2D eigenvalue weighted by atomic mass is 9.91. The van der Waals surface area contributed by atoms with E-state index in [2.05, 4.69) is 5.32 Å². The van der Waals surface area contributed by atoms with E-state index in [9.17, 15) is 9.59 Å². The number of carboxylic acid groups (broad SMARTS) is 1. The lowest BCUT2D eigenvalue weighted by Crippen LogP contribution is -2.54. The molecule has 1 saturated carbocycles. The van der Waals surface area contributed by atoms with Crippen LogP contribution in [0.1, 0.15) is 39.5 Å². The highest BCUT2D eigenvalue weighted by Gasteiger charge is 2.26. The number of carbonyl (C=O) groups excluding carboxylic acids is 1. The van der Waals surface area contributed by atoms with Crippen LogP contribution in [0.3, 0.4) is 0 Å². The van der Waals surface area contributed by atoms with Crippen LogP contribution in [0.2, 0.25) is 0 Å². The van der Waals surface area contributed by atoms with Gasteiger partial charge in [-0.25, -0.2) is 4.79 Å². The van der Waals surface area contributed by atoms with Gasteiger partial charge in [-0.15, -0.1) is 0 Å². The Labute approximate surface area is 114 Å². The third kappa shape index (κ3) is 5.46. The van der Waals surface area contributed by atoms with Crippen molar-refractivity contribution in [1.82, 2.24) is 10.2 Å². The summed E-state index contributed by atoms with van der Waals surface area (Å²) in [5.74, 6) is -0.770. The smallest absolute Gasteiger partial charge is 0.323 e. The number of aliphatic carboxylic acids is 1. The molecule has 1 aliphatic rings. The average Bonchev–Trinajstić information content (AvgIpc) is 2.30. The number of carboxylic acids is 1. The first-order valence-corrected chi connectivity index (χ1v) is 6.93. The molecule has 2 unspecified atom stereocenters. The van der Waals surface area contributed by atoms with E-state index < -0.39 is 5.97 Å². The second kappa shape index (κ2) is 7.33. The van der Waals surface area contributed by atoms with Gasteiger partial charge in [0, 0.05) is 18.6 Å². The Morgan fingerprint density at radius 2 is 2.00 bits per heavy atom. The Morgan fingerprint density at radius 3 is 2.53 bits per heavy atom. The van der Waals surface area contributed by atoms with E-state index in [1.807, 2.05) is 13.8 Å².